The largest absolute Gasteiger partial charge is 0.462 e. The molecule has 5 heteroatoms. The summed E-state index contributed by atoms with van der Waals surface area (Å²) in [7, 11) is 0. The molecule has 0 radical (unpaired) electrons. The van der Waals surface area contributed by atoms with Gasteiger partial charge in [-0.05, 0) is 63.6 Å². The van der Waals surface area contributed by atoms with Crippen LogP contribution in [0, 0.1) is 13.8 Å². The maximum Gasteiger partial charge on any atom is 0.341 e. The van der Waals surface area contributed by atoms with Crippen molar-refractivity contribution in [2.75, 3.05) is 11.9 Å². The van der Waals surface area contributed by atoms with E-state index in [1.807, 2.05) is 32.0 Å². The number of fused-ring (bicyclic) bond motifs is 1. The van der Waals surface area contributed by atoms with Crippen LogP contribution in [0.4, 0.5) is 5.00 Å². The molecule has 1 aromatic carbocycles. The summed E-state index contributed by atoms with van der Waals surface area (Å²) in [6, 6.07) is 5.82. The van der Waals surface area contributed by atoms with Gasteiger partial charge in [-0.1, -0.05) is 24.1 Å². The zero-order valence-electron chi connectivity index (χ0n) is 15.6. The molecule has 1 heterocycles. The average Bonchev–Trinajstić information content (AvgIpc) is 2.78. The predicted molar refractivity (Wildman–Crippen MR) is 105 cm³/mol. The van der Waals surface area contributed by atoms with E-state index in [1.165, 1.54) is 22.6 Å². The third kappa shape index (κ3) is 3.83. The number of amides is 1. The first kappa shape index (κ1) is 18.6. The molecule has 0 saturated carbocycles. The molecule has 0 saturated heterocycles. The van der Waals surface area contributed by atoms with Crippen LogP contribution in [0.2, 0.25) is 0 Å². The van der Waals surface area contributed by atoms with Crippen LogP contribution in [0.25, 0.3) is 0 Å². The van der Waals surface area contributed by atoms with Crippen molar-refractivity contribution in [3.8, 4) is 0 Å². The van der Waals surface area contributed by atoms with Crippen molar-refractivity contribution in [2.24, 2.45) is 0 Å². The van der Waals surface area contributed by atoms with Gasteiger partial charge in [0.25, 0.3) is 5.91 Å². The van der Waals surface area contributed by atoms with E-state index in [-0.39, 0.29) is 11.9 Å². The first-order chi connectivity index (χ1) is 12.5. The molecule has 0 atom stereocenters. The standard InChI is InChI=1S/C21H25NO3S/c1-4-25-21(24)18-15-8-6-5-7-9-17(15)26-20(18)22-19(23)16-12-13(2)10-11-14(16)3/h10-12H,4-9H2,1-3H3,(H,22,23). The lowest BCUT2D eigenvalue weighted by Crippen LogP contribution is -2.16. The van der Waals surface area contributed by atoms with Crippen LogP contribution in [-0.2, 0) is 17.6 Å². The lowest BCUT2D eigenvalue weighted by molar-refractivity contribution is 0.0527. The minimum Gasteiger partial charge on any atom is -0.462 e. The van der Waals surface area contributed by atoms with Gasteiger partial charge in [-0.3, -0.25) is 4.79 Å². The molecular formula is C21H25NO3S. The number of benzene rings is 1. The molecule has 1 aromatic heterocycles. The van der Waals surface area contributed by atoms with Crippen molar-refractivity contribution in [2.45, 2.75) is 52.9 Å². The zero-order chi connectivity index (χ0) is 18.7. The van der Waals surface area contributed by atoms with Crippen LogP contribution in [0.15, 0.2) is 18.2 Å². The Morgan fingerprint density at radius 1 is 1.15 bits per heavy atom. The minimum atomic E-state index is -0.330. The van der Waals surface area contributed by atoms with Gasteiger partial charge >= 0.3 is 5.97 Å². The van der Waals surface area contributed by atoms with Crippen molar-refractivity contribution in [3.05, 3.63) is 50.9 Å². The Kier molecular flexibility index (Phi) is 5.77. The summed E-state index contributed by atoms with van der Waals surface area (Å²) < 4.78 is 5.28. The number of anilines is 1. The van der Waals surface area contributed by atoms with Crippen molar-refractivity contribution < 1.29 is 14.3 Å². The molecule has 1 N–H and O–H groups in total. The summed E-state index contributed by atoms with van der Waals surface area (Å²) in [5.41, 5.74) is 4.23. The second kappa shape index (κ2) is 8.04. The molecule has 0 fully saturated rings. The quantitative estimate of drug-likeness (QED) is 0.603. The third-order valence-electron chi connectivity index (χ3n) is 4.77. The van der Waals surface area contributed by atoms with Crippen molar-refractivity contribution in [1.82, 2.24) is 0 Å². The first-order valence-electron chi connectivity index (χ1n) is 9.21. The van der Waals surface area contributed by atoms with Gasteiger partial charge in [0.05, 0.1) is 12.2 Å². The van der Waals surface area contributed by atoms with Crippen molar-refractivity contribution >= 4 is 28.2 Å². The SMILES string of the molecule is CCOC(=O)c1c(NC(=O)c2cc(C)ccc2C)sc2c1CCCCC2. The van der Waals surface area contributed by atoms with Gasteiger partial charge < -0.3 is 10.1 Å². The molecule has 3 rings (SSSR count). The van der Waals surface area contributed by atoms with E-state index in [0.29, 0.717) is 22.7 Å². The zero-order valence-corrected chi connectivity index (χ0v) is 16.4. The van der Waals surface area contributed by atoms with Crippen LogP contribution in [-0.4, -0.2) is 18.5 Å². The Bertz CT molecular complexity index is 838. The number of carbonyl (C=O) groups excluding carboxylic acids is 2. The lowest BCUT2D eigenvalue weighted by Gasteiger charge is -2.10. The number of hydrogen-bond donors (Lipinski definition) is 1. The molecule has 0 aliphatic heterocycles. The van der Waals surface area contributed by atoms with E-state index >= 15 is 0 Å². The van der Waals surface area contributed by atoms with Crippen molar-refractivity contribution in [3.63, 3.8) is 0 Å². The Labute approximate surface area is 158 Å². The van der Waals surface area contributed by atoms with Crippen LogP contribution in [0.5, 0.6) is 0 Å². The van der Waals surface area contributed by atoms with Gasteiger partial charge in [0.2, 0.25) is 0 Å². The number of carbonyl (C=O) groups is 2. The van der Waals surface area contributed by atoms with Gasteiger partial charge in [-0.25, -0.2) is 4.79 Å². The Morgan fingerprint density at radius 3 is 2.69 bits per heavy atom. The van der Waals surface area contributed by atoms with E-state index in [0.717, 1.165) is 42.4 Å². The second-order valence-electron chi connectivity index (χ2n) is 6.76. The molecule has 1 aliphatic rings. The predicted octanol–water partition coefficient (Wildman–Crippen LogP) is 5.06. The Hall–Kier alpha value is -2.14. The normalized spacial score (nSPS) is 13.7. The highest BCUT2D eigenvalue weighted by Gasteiger charge is 2.27. The molecule has 0 spiro atoms. The average molecular weight is 372 g/mol. The van der Waals surface area contributed by atoms with E-state index in [2.05, 4.69) is 5.32 Å². The summed E-state index contributed by atoms with van der Waals surface area (Å²) in [6.45, 7) is 6.02. The van der Waals surface area contributed by atoms with Gasteiger partial charge in [0.1, 0.15) is 5.00 Å². The summed E-state index contributed by atoms with van der Waals surface area (Å²) in [5.74, 6) is -0.503. The number of nitrogens with one attached hydrogen (secondary N) is 1. The number of thiophene rings is 1. The number of ether oxygens (including phenoxy) is 1. The fourth-order valence-electron chi connectivity index (χ4n) is 3.40. The number of hydrogen-bond acceptors (Lipinski definition) is 4. The first-order valence-corrected chi connectivity index (χ1v) is 10.0. The highest BCUT2D eigenvalue weighted by Crippen LogP contribution is 2.38. The maximum absolute atomic E-state index is 12.8. The van der Waals surface area contributed by atoms with Crippen molar-refractivity contribution in [1.29, 1.82) is 0 Å². The third-order valence-corrected chi connectivity index (χ3v) is 5.97. The molecule has 0 unspecified atom stereocenters. The summed E-state index contributed by atoms with van der Waals surface area (Å²) >= 11 is 1.53. The lowest BCUT2D eigenvalue weighted by atomic mass is 10.0. The number of esters is 1. The van der Waals surface area contributed by atoms with E-state index in [4.69, 9.17) is 4.74 Å². The minimum absolute atomic E-state index is 0.173. The van der Waals surface area contributed by atoms with Crippen LogP contribution >= 0.6 is 11.3 Å². The number of rotatable bonds is 4. The molecule has 0 bridgehead atoms. The monoisotopic (exact) mass is 371 g/mol. The Balaban J connectivity index is 1.97. The molecule has 2 aromatic rings. The smallest absolute Gasteiger partial charge is 0.341 e. The molecule has 4 nitrogen and oxygen atoms in total. The molecular weight excluding hydrogens is 346 g/mol. The van der Waals surface area contributed by atoms with E-state index < -0.39 is 0 Å². The number of aryl methyl sites for hydroxylation is 3. The van der Waals surface area contributed by atoms with Gasteiger partial charge in [-0.15, -0.1) is 11.3 Å². The van der Waals surface area contributed by atoms with E-state index in [1.54, 1.807) is 6.92 Å². The summed E-state index contributed by atoms with van der Waals surface area (Å²) in [5, 5.41) is 3.62. The molecule has 1 aliphatic carbocycles. The fraction of sp³-hybridized carbons (Fsp3) is 0.429. The maximum atomic E-state index is 12.8. The van der Waals surface area contributed by atoms with E-state index in [9.17, 15) is 9.59 Å². The van der Waals surface area contributed by atoms with Crippen LogP contribution < -0.4 is 5.32 Å². The molecule has 138 valence electrons. The topological polar surface area (TPSA) is 55.4 Å². The van der Waals surface area contributed by atoms with Gasteiger partial charge in [0, 0.05) is 10.4 Å². The highest BCUT2D eigenvalue weighted by molar-refractivity contribution is 7.17. The Morgan fingerprint density at radius 2 is 1.92 bits per heavy atom. The van der Waals surface area contributed by atoms with Crippen LogP contribution in [0.3, 0.4) is 0 Å². The highest BCUT2D eigenvalue weighted by atomic mass is 32.1. The van der Waals surface area contributed by atoms with Crippen LogP contribution in [0.1, 0.15) is 68.5 Å². The second-order valence-corrected chi connectivity index (χ2v) is 7.87. The van der Waals surface area contributed by atoms with Gasteiger partial charge in [-0.2, -0.15) is 0 Å². The molecule has 1 amide bonds. The van der Waals surface area contributed by atoms with Gasteiger partial charge in [0.15, 0.2) is 0 Å². The fourth-order valence-corrected chi connectivity index (χ4v) is 4.67. The summed E-state index contributed by atoms with van der Waals surface area (Å²) in [6.07, 6.45) is 5.21. The molecule has 26 heavy (non-hydrogen) atoms. The summed E-state index contributed by atoms with van der Waals surface area (Å²) in [4.78, 5) is 26.6.